The average molecular weight is 439 g/mol. The molecule has 0 aromatic carbocycles. The molecular formula is C14H22N3O11P. The largest absolute Gasteiger partial charge is 0.790 e. The maximum Gasteiger partial charge on any atom is 0.364 e. The monoisotopic (exact) mass is 439 g/mol. The van der Waals surface area contributed by atoms with Crippen molar-refractivity contribution in [2.24, 2.45) is 5.73 Å². The number of rotatable bonds is 7. The van der Waals surface area contributed by atoms with E-state index in [2.05, 4.69) is 10.3 Å². The van der Waals surface area contributed by atoms with E-state index in [0.29, 0.717) is 0 Å². The van der Waals surface area contributed by atoms with Crippen LogP contribution in [0.2, 0.25) is 0 Å². The van der Waals surface area contributed by atoms with E-state index < -0.39 is 63.5 Å². The number of pyridine rings is 1. The number of aliphatic hydroxyl groups is 3. The number of carbonyl (C=O) groups is 2. The third-order valence-electron chi connectivity index (χ3n) is 3.70. The number of phosphoric ester groups is 1. The van der Waals surface area contributed by atoms with Crippen LogP contribution in [-0.2, 0) is 18.6 Å². The average Bonchev–Trinajstić information content (AvgIpc) is 2.94. The molecule has 164 valence electrons. The predicted molar refractivity (Wildman–Crippen MR) is 86.0 cm³/mol. The van der Waals surface area contributed by atoms with Gasteiger partial charge in [0, 0.05) is 6.07 Å². The number of aromatic nitrogens is 1. The van der Waals surface area contributed by atoms with Gasteiger partial charge in [-0.3, -0.25) is 4.79 Å². The lowest BCUT2D eigenvalue weighted by atomic mass is 10.1. The molecule has 1 aromatic heterocycles. The molecule has 0 radical (unpaired) electrons. The Hall–Kier alpha value is -2.00. The molecule has 1 fully saturated rings. The Bertz CT molecular complexity index is 758. The van der Waals surface area contributed by atoms with Crippen LogP contribution in [0.3, 0.4) is 0 Å². The molecule has 1 aliphatic heterocycles. The van der Waals surface area contributed by atoms with E-state index in [1.54, 1.807) is 0 Å². The Labute approximate surface area is 164 Å². The van der Waals surface area contributed by atoms with Crippen molar-refractivity contribution in [1.82, 2.24) is 0 Å². The van der Waals surface area contributed by atoms with E-state index in [0.717, 1.165) is 0 Å². The van der Waals surface area contributed by atoms with Crippen LogP contribution in [0.4, 0.5) is 0 Å². The fourth-order valence-corrected chi connectivity index (χ4v) is 2.48. The molecule has 5 atom stereocenters. The van der Waals surface area contributed by atoms with Gasteiger partial charge in [0.05, 0.1) is 14.4 Å². The number of carboxylic acids is 1. The van der Waals surface area contributed by atoms with Gasteiger partial charge in [-0.25, -0.2) is 4.79 Å². The lowest BCUT2D eigenvalue weighted by Gasteiger charge is -2.30. The second-order valence-electron chi connectivity index (χ2n) is 5.91. The van der Waals surface area contributed by atoms with Crippen LogP contribution < -0.4 is 25.8 Å². The van der Waals surface area contributed by atoms with Crippen molar-refractivity contribution in [3.8, 4) is 0 Å². The van der Waals surface area contributed by atoms with Gasteiger partial charge in [-0.2, -0.15) is 4.57 Å². The summed E-state index contributed by atoms with van der Waals surface area (Å²) in [4.78, 5) is 41.7. The molecule has 0 spiro atoms. The number of nitrogens with two attached hydrogens (primary N) is 1. The third kappa shape index (κ3) is 7.74. The van der Waals surface area contributed by atoms with Gasteiger partial charge in [0.25, 0.3) is 12.1 Å². The zero-order chi connectivity index (χ0) is 22.4. The molecule has 15 heteroatoms. The fourth-order valence-electron chi connectivity index (χ4n) is 2.15. The number of phosphoric acid groups is 1. The molecule has 29 heavy (non-hydrogen) atoms. The molecule has 1 aliphatic rings. The molecule has 0 unspecified atom stereocenters. The second-order valence-corrected chi connectivity index (χ2v) is 7.06. The number of carbonyl (C=O) groups excluding carboxylic acids is 1. The van der Waals surface area contributed by atoms with Crippen molar-refractivity contribution >= 4 is 19.7 Å². The molecule has 0 saturated carbocycles. The summed E-state index contributed by atoms with van der Waals surface area (Å²) in [6, 6.07) is 2.05. The Kier molecular flexibility index (Phi) is 9.22. The van der Waals surface area contributed by atoms with Crippen molar-refractivity contribution in [2.45, 2.75) is 30.6 Å². The topological polar surface area (TPSA) is 254 Å². The van der Waals surface area contributed by atoms with Crippen molar-refractivity contribution < 1.29 is 63.9 Å². The van der Waals surface area contributed by atoms with Gasteiger partial charge in [-0.1, -0.05) is 0 Å². The number of hydrogen-bond acceptors (Lipinski definition) is 10. The Morgan fingerprint density at radius 3 is 2.45 bits per heavy atom. The van der Waals surface area contributed by atoms with Crippen LogP contribution >= 0.6 is 7.82 Å². The number of nitrogens with zero attached hydrogens (tertiary/aromatic N) is 1. The van der Waals surface area contributed by atoms with E-state index in [4.69, 9.17) is 20.7 Å². The lowest BCUT2D eigenvalue weighted by molar-refractivity contribution is -0.765. The highest BCUT2D eigenvalue weighted by Crippen LogP contribution is 2.30. The molecule has 2 heterocycles. The zero-order valence-electron chi connectivity index (χ0n) is 14.9. The third-order valence-corrected chi connectivity index (χ3v) is 4.17. The van der Waals surface area contributed by atoms with Crippen LogP contribution in [0, 0.1) is 0 Å². The molecule has 2 rings (SSSR count). The maximum atomic E-state index is 11.1. The van der Waals surface area contributed by atoms with Gasteiger partial charge in [0.2, 0.25) is 6.04 Å². The molecule has 1 aromatic rings. The quantitative estimate of drug-likeness (QED) is 0.172. The first kappa shape index (κ1) is 25.0. The molecule has 0 bridgehead atoms. The first-order chi connectivity index (χ1) is 13.4. The number of aliphatic hydroxyl groups excluding tert-OH is 3. The van der Waals surface area contributed by atoms with E-state index in [1.807, 2.05) is 0 Å². The molecule has 1 saturated heterocycles. The number of hydrogen-bond donors (Lipinski definition) is 6. The summed E-state index contributed by atoms with van der Waals surface area (Å²) >= 11 is 0. The van der Waals surface area contributed by atoms with Crippen molar-refractivity contribution in [3.05, 3.63) is 30.1 Å². The van der Waals surface area contributed by atoms with Gasteiger partial charge < -0.3 is 55.5 Å². The summed E-state index contributed by atoms with van der Waals surface area (Å²) in [5, 5.41) is 35.8. The first-order valence-corrected chi connectivity index (χ1v) is 9.49. The van der Waals surface area contributed by atoms with Gasteiger partial charge in [-0.05, 0) is 6.07 Å². The number of amides is 1. The molecule has 14 nitrogen and oxygen atoms in total. The number of carboxylic acid groups (broad SMARTS) is 1. The minimum absolute atomic E-state index is 0.149. The standard InChI is InChI=1S/C11H15N2O8P.C3H7NO3/c12-10(16)6-2-1-3-13(4-6)11-9(15)8(14)7(21-11)5-20-22(17,18)19;4-2(1-5)3(6)7/h1-4,7-9,11,14-15H,5H2,(H3-,12,16,17,18,19);2,5H,1,4H2,(H,6,7)/t7-,8-,9-,11-;2-/m10/s1. The highest BCUT2D eigenvalue weighted by Gasteiger charge is 2.48. The van der Waals surface area contributed by atoms with E-state index in [-0.39, 0.29) is 5.56 Å². The Morgan fingerprint density at radius 1 is 1.38 bits per heavy atom. The number of quaternary nitrogens is 1. The zero-order valence-corrected chi connectivity index (χ0v) is 15.8. The van der Waals surface area contributed by atoms with Crippen molar-refractivity contribution in [2.75, 3.05) is 13.2 Å². The summed E-state index contributed by atoms with van der Waals surface area (Å²) in [5.41, 5.74) is 8.40. The fraction of sp³-hybridized carbons (Fsp3) is 0.500. The second kappa shape index (κ2) is 10.7. The molecular weight excluding hydrogens is 417 g/mol. The summed E-state index contributed by atoms with van der Waals surface area (Å²) in [7, 11) is -5.22. The van der Waals surface area contributed by atoms with Gasteiger partial charge in [-0.15, -0.1) is 0 Å². The number of primary amides is 1. The van der Waals surface area contributed by atoms with Crippen LogP contribution in [0.25, 0.3) is 0 Å². The van der Waals surface area contributed by atoms with E-state index >= 15 is 0 Å². The van der Waals surface area contributed by atoms with Gasteiger partial charge in [0.1, 0.15) is 24.4 Å². The van der Waals surface area contributed by atoms with Crippen LogP contribution in [0.1, 0.15) is 16.6 Å². The van der Waals surface area contributed by atoms with Gasteiger partial charge >= 0.3 is 5.97 Å². The van der Waals surface area contributed by atoms with Crippen LogP contribution in [-0.4, -0.2) is 69.9 Å². The predicted octanol–water partition coefficient (Wildman–Crippen LogP) is -5.79. The summed E-state index contributed by atoms with van der Waals surface area (Å²) in [6.45, 7) is -1.12. The Morgan fingerprint density at radius 2 is 2.00 bits per heavy atom. The molecule has 1 amide bonds. The van der Waals surface area contributed by atoms with Crippen LogP contribution in [0.15, 0.2) is 24.5 Å². The van der Waals surface area contributed by atoms with E-state index in [1.165, 1.54) is 29.1 Å². The van der Waals surface area contributed by atoms with Crippen LogP contribution in [0.5, 0.6) is 0 Å². The first-order valence-electron chi connectivity index (χ1n) is 8.03. The highest BCUT2D eigenvalue weighted by molar-refractivity contribution is 7.43. The maximum absolute atomic E-state index is 11.1. The molecule has 9 N–H and O–H groups in total. The molecule has 0 aliphatic carbocycles. The summed E-state index contributed by atoms with van der Waals surface area (Å²) < 4.78 is 21.1. The SMILES string of the molecule is NC(=O)c1ccc[n+]([C@@H]2O[C@H](COP(=O)([O-])[O-])[C@@H](O)[C@H]2O)c1.[NH3+][C@@H](CO)C(=O)O. The van der Waals surface area contributed by atoms with Gasteiger partial charge in [0.15, 0.2) is 18.5 Å². The minimum atomic E-state index is -5.22. The van der Waals surface area contributed by atoms with E-state index in [9.17, 15) is 34.2 Å². The lowest BCUT2D eigenvalue weighted by Crippen LogP contribution is -2.66. The Balaban J connectivity index is 0.000000516. The highest BCUT2D eigenvalue weighted by atomic mass is 31.2. The normalized spacial score (nSPS) is 25.0. The number of aliphatic carboxylic acids is 1. The van der Waals surface area contributed by atoms with Crippen molar-refractivity contribution in [3.63, 3.8) is 0 Å². The smallest absolute Gasteiger partial charge is 0.364 e. The summed E-state index contributed by atoms with van der Waals surface area (Å²) in [5.74, 6) is -1.76. The minimum Gasteiger partial charge on any atom is -0.790 e. The van der Waals surface area contributed by atoms with Crippen molar-refractivity contribution in [1.29, 1.82) is 0 Å². The number of ether oxygens (including phenoxy) is 1. The summed E-state index contributed by atoms with van der Waals surface area (Å²) in [6.07, 6.45) is -2.44.